The third kappa shape index (κ3) is 9.37. The van der Waals surface area contributed by atoms with E-state index in [1.807, 2.05) is 13.8 Å². The molecule has 0 heterocycles. The van der Waals surface area contributed by atoms with Crippen molar-refractivity contribution in [2.24, 2.45) is 0 Å². The van der Waals surface area contributed by atoms with Crippen LogP contribution < -0.4 is 0 Å². The summed E-state index contributed by atoms with van der Waals surface area (Å²) in [7, 11) is 0. The predicted molar refractivity (Wildman–Crippen MR) is 52.2 cm³/mol. The maximum absolute atomic E-state index is 2.45. The molecule has 0 aromatic carbocycles. The molecule has 0 aromatic rings. The monoisotopic (exact) mass is 213 g/mol. The normalized spacial score (nSPS) is 18.0. The van der Waals surface area contributed by atoms with Gasteiger partial charge in [-0.05, 0) is 0 Å². The van der Waals surface area contributed by atoms with E-state index in [4.69, 9.17) is 0 Å². The molecule has 0 spiro atoms. The molecule has 0 saturated carbocycles. The van der Waals surface area contributed by atoms with Gasteiger partial charge in [0.25, 0.3) is 0 Å². The van der Waals surface area contributed by atoms with Crippen LogP contribution in [0.25, 0.3) is 0 Å². The molecule has 0 bridgehead atoms. The third-order valence-electron chi connectivity index (χ3n) is 0.500. The molecule has 0 unspecified atom stereocenters. The molecule has 0 aliphatic rings. The Bertz CT molecular complexity index is 76.2. The van der Waals surface area contributed by atoms with Gasteiger partial charge in [0.2, 0.25) is 0 Å². The van der Waals surface area contributed by atoms with E-state index in [-0.39, 0.29) is 0 Å². The Morgan fingerprint density at radius 3 is 0.889 bits per heavy atom. The van der Waals surface area contributed by atoms with Crippen LogP contribution in [-0.4, -0.2) is 40.0 Å². The van der Waals surface area contributed by atoms with Gasteiger partial charge in [0, 0.05) is 0 Å². The van der Waals surface area contributed by atoms with Crippen molar-refractivity contribution in [2.45, 2.75) is 0 Å². The molecule has 0 saturated heterocycles. The predicted octanol–water partition coefficient (Wildman–Crippen LogP) is 2.18. The van der Waals surface area contributed by atoms with Gasteiger partial charge in [-0.15, -0.1) is 0 Å². The van der Waals surface area contributed by atoms with Crippen LogP contribution in [0.1, 0.15) is 0 Å². The van der Waals surface area contributed by atoms with Crippen LogP contribution >= 0.6 is 12.0 Å². The minimum absolute atomic E-state index is 0.762. The first-order valence-corrected chi connectivity index (χ1v) is 13.1. The topological polar surface area (TPSA) is 0 Å². The van der Waals surface area contributed by atoms with Crippen LogP contribution in [0.3, 0.4) is 0 Å². The molecule has 0 rings (SSSR count). The summed E-state index contributed by atoms with van der Waals surface area (Å²) in [4.78, 5) is 0. The second-order valence-electron chi connectivity index (χ2n) is 4.08. The molecule has 0 aliphatic heterocycles. The van der Waals surface area contributed by atoms with E-state index in [9.17, 15) is 0 Å². The summed E-state index contributed by atoms with van der Waals surface area (Å²) in [5.41, 5.74) is 0. The fourth-order valence-electron chi connectivity index (χ4n) is 0.750. The molecule has 0 nitrogen and oxygen atoms in total. The first-order chi connectivity index (χ1) is 3.71. The Morgan fingerprint density at radius 1 is 0.667 bits per heavy atom. The van der Waals surface area contributed by atoms with Crippen molar-refractivity contribution in [2.75, 3.05) is 40.0 Å². The Labute approximate surface area is 66.1 Å². The van der Waals surface area contributed by atoms with Crippen LogP contribution in [0.5, 0.6) is 0 Å². The molecule has 0 N–H and O–H groups in total. The average Bonchev–Trinajstić information content (AvgIpc) is 1.14. The summed E-state index contributed by atoms with van der Waals surface area (Å²) in [5, 5.41) is 0. The van der Waals surface area contributed by atoms with Crippen LogP contribution in [0.15, 0.2) is 0 Å². The van der Waals surface area contributed by atoms with Gasteiger partial charge in [0.05, 0.1) is 0 Å². The van der Waals surface area contributed by atoms with E-state index in [1.165, 1.54) is 0 Å². The first-order valence-electron chi connectivity index (χ1n) is 3.33. The van der Waals surface area contributed by atoms with Gasteiger partial charge in [-0.2, -0.15) is 0 Å². The zero-order valence-corrected chi connectivity index (χ0v) is 10.4. The SMILES string of the molecule is C[PH](C)(C)[Co][PH](C)(C)C. The second-order valence-corrected chi connectivity index (χ2v) is 24.5. The zero-order chi connectivity index (χ0) is 7.71. The quantitative estimate of drug-likeness (QED) is 0.616. The van der Waals surface area contributed by atoms with Gasteiger partial charge in [0.1, 0.15) is 0 Å². The van der Waals surface area contributed by atoms with Gasteiger partial charge < -0.3 is 0 Å². The molecule has 3 heteroatoms. The summed E-state index contributed by atoms with van der Waals surface area (Å²) in [5.74, 6) is -1.52. The van der Waals surface area contributed by atoms with Crippen molar-refractivity contribution in [1.29, 1.82) is 0 Å². The summed E-state index contributed by atoms with van der Waals surface area (Å²) in [6.45, 7) is 14.7. The summed E-state index contributed by atoms with van der Waals surface area (Å²) in [6.07, 6.45) is 0. The zero-order valence-electron chi connectivity index (χ0n) is 7.33. The van der Waals surface area contributed by atoms with E-state index in [2.05, 4.69) is 40.0 Å². The second kappa shape index (κ2) is 3.18. The van der Waals surface area contributed by atoms with E-state index in [1.54, 1.807) is 0 Å². The van der Waals surface area contributed by atoms with Crippen molar-refractivity contribution in [3.05, 3.63) is 0 Å². The Morgan fingerprint density at radius 2 is 0.889 bits per heavy atom. The van der Waals surface area contributed by atoms with Gasteiger partial charge >= 0.3 is 65.8 Å². The number of hydrogen-bond acceptors (Lipinski definition) is 0. The van der Waals surface area contributed by atoms with E-state index < -0.39 is 12.0 Å². The number of hydrogen-bond donors (Lipinski definition) is 0. The molecule has 0 atom stereocenters. The molecule has 0 radical (unpaired) electrons. The maximum atomic E-state index is 2.45. The third-order valence-corrected chi connectivity index (χ3v) is 18.6. The van der Waals surface area contributed by atoms with Crippen molar-refractivity contribution in [3.8, 4) is 0 Å². The number of rotatable bonds is 2. The Hall–Kier alpha value is 1.37. The fourth-order valence-corrected chi connectivity index (χ4v) is 27.8. The van der Waals surface area contributed by atoms with Gasteiger partial charge in [-0.1, -0.05) is 0 Å². The molecule has 0 amide bonds. The van der Waals surface area contributed by atoms with Gasteiger partial charge in [-0.25, -0.2) is 0 Å². The minimum atomic E-state index is -0.762. The van der Waals surface area contributed by atoms with Crippen molar-refractivity contribution in [3.63, 3.8) is 0 Å². The standard InChI is InChI=1S/2C3H9P.Co/c2*1-4(2)3;/h2*1-3H3;/q;;-2/p+2. The first kappa shape index (κ1) is 10.4. The van der Waals surface area contributed by atoms with Crippen LogP contribution in [-0.2, 0) is 13.8 Å². The summed E-state index contributed by atoms with van der Waals surface area (Å²) < 4.78 is 0. The molecular formula is C6H20CoP2. The van der Waals surface area contributed by atoms with Crippen LogP contribution in [0.2, 0.25) is 0 Å². The fraction of sp³-hybridized carbons (Fsp3) is 1.00. The van der Waals surface area contributed by atoms with E-state index in [0.29, 0.717) is 0 Å². The molecule has 0 fully saturated rings. The summed E-state index contributed by atoms with van der Waals surface area (Å²) in [6, 6.07) is 0. The van der Waals surface area contributed by atoms with Crippen molar-refractivity contribution < 1.29 is 13.8 Å². The van der Waals surface area contributed by atoms with Gasteiger partial charge in [0.15, 0.2) is 0 Å². The van der Waals surface area contributed by atoms with Crippen molar-refractivity contribution in [1.82, 2.24) is 0 Å². The average molecular weight is 213 g/mol. The van der Waals surface area contributed by atoms with Crippen molar-refractivity contribution >= 4 is 12.0 Å². The molecule has 0 aromatic heterocycles. The molecular weight excluding hydrogens is 193 g/mol. The molecule has 63 valence electrons. The van der Waals surface area contributed by atoms with Crippen LogP contribution in [0, 0.1) is 0 Å². The van der Waals surface area contributed by atoms with Gasteiger partial charge in [-0.3, -0.25) is 0 Å². The molecule has 0 aliphatic carbocycles. The Kier molecular flexibility index (Phi) is 3.66. The Balaban J connectivity index is 3.75. The van der Waals surface area contributed by atoms with E-state index >= 15 is 0 Å². The molecule has 9 heavy (non-hydrogen) atoms. The summed E-state index contributed by atoms with van der Waals surface area (Å²) >= 11 is 1.84. The van der Waals surface area contributed by atoms with E-state index in [0.717, 1.165) is 0 Å². The van der Waals surface area contributed by atoms with Crippen LogP contribution in [0.4, 0.5) is 0 Å².